The molecule has 4 aromatic rings. The molecule has 0 spiro atoms. The molecule has 20 heteroatoms. The van der Waals surface area contributed by atoms with Gasteiger partial charge in [-0.3, -0.25) is 9.59 Å². The standard InChI is InChI=1S/C48H62N8O9S3/c1-29(2)49-47-53-39(28-67-47)37-24-41(34-20-19-32(64-4)22-36(34)50-37)65-33-23-40-43(57)54-48(45(59)60)25-31(48)16-11-6-5-7-12-17-35(44(58)56(40)26-33)51-46(61)52-38(30-14-9-8-10-15-30)27-55(3)68(62,63)42-18-13-21-66-42/h11,13,16,18-22,24,28-31,33,35,38,40H,5-10,12,14-15,17,23,25-27H2,1-4H3,(H,49,53)(H,54,57)(H,59,60)(H2,51,52,61)/b16-11-/t31?,33-,35+,38?,40+,48-/m1/s1. The number of methoxy groups -OCH3 is 1. The molecule has 2 aliphatic heterocycles. The second-order valence-electron chi connectivity index (χ2n) is 18.7. The SMILES string of the molecule is COc1ccc2c(O[C@@H]3C[C@H]4C(=O)N[C@]5(C(=O)O)CC5/C=C\CCCCC[C@H](NC(=O)NC(CN(C)S(=O)(=O)c5cccs5)C5CCCCC5)C(=O)N4C3)cc(-c3csc(NC(C)C)n3)nc2c1. The van der Waals surface area contributed by atoms with Crippen LogP contribution in [-0.4, -0.2) is 120 Å². The van der Waals surface area contributed by atoms with Crippen LogP contribution in [0, 0.1) is 11.8 Å². The van der Waals surface area contributed by atoms with Crippen LogP contribution >= 0.6 is 22.7 Å². The lowest BCUT2D eigenvalue weighted by atomic mass is 9.84. The number of aliphatic carboxylic acids is 1. The van der Waals surface area contributed by atoms with E-state index in [1.807, 2.05) is 37.4 Å². The van der Waals surface area contributed by atoms with E-state index in [9.17, 15) is 27.9 Å². The predicted molar refractivity (Wildman–Crippen MR) is 261 cm³/mol. The van der Waals surface area contributed by atoms with Crippen LogP contribution in [0.25, 0.3) is 22.3 Å². The van der Waals surface area contributed by atoms with Gasteiger partial charge in [-0.05, 0) is 81.9 Å². The summed E-state index contributed by atoms with van der Waals surface area (Å²) in [5.41, 5.74) is 0.243. The van der Waals surface area contributed by atoms with Gasteiger partial charge in [0, 0.05) is 60.9 Å². The molecule has 68 heavy (non-hydrogen) atoms. The molecule has 1 saturated heterocycles. The Morgan fingerprint density at radius 3 is 2.54 bits per heavy atom. The molecular formula is C48H62N8O9S3. The first-order valence-electron chi connectivity index (χ1n) is 23.6. The summed E-state index contributed by atoms with van der Waals surface area (Å²) >= 11 is 2.59. The fourth-order valence-electron chi connectivity index (χ4n) is 9.72. The highest BCUT2D eigenvalue weighted by Gasteiger charge is 2.61. The molecule has 5 heterocycles. The molecule has 2 saturated carbocycles. The Labute approximate surface area is 405 Å². The lowest BCUT2D eigenvalue weighted by molar-refractivity contribution is -0.145. The molecule has 3 fully saturated rings. The summed E-state index contributed by atoms with van der Waals surface area (Å²) in [7, 11) is -0.717. The average molecular weight is 991 g/mol. The predicted octanol–water partition coefficient (Wildman–Crippen LogP) is 7.01. The van der Waals surface area contributed by atoms with Crippen LogP contribution in [0.4, 0.5) is 9.93 Å². The van der Waals surface area contributed by atoms with E-state index in [0.717, 1.165) is 61.4 Å². The summed E-state index contributed by atoms with van der Waals surface area (Å²) in [6, 6.07) is 7.30. The molecule has 4 aliphatic rings. The summed E-state index contributed by atoms with van der Waals surface area (Å²) < 4.78 is 40.9. The number of benzene rings is 1. The van der Waals surface area contributed by atoms with Gasteiger partial charge < -0.3 is 40.7 Å². The van der Waals surface area contributed by atoms with Crippen molar-refractivity contribution in [1.82, 2.24) is 35.1 Å². The molecule has 2 aliphatic carbocycles. The van der Waals surface area contributed by atoms with E-state index in [4.69, 9.17) is 19.4 Å². The number of likely N-dealkylation sites (N-methyl/N-ethyl adjacent to an activating group) is 1. The topological polar surface area (TPSA) is 221 Å². The van der Waals surface area contributed by atoms with Crippen LogP contribution < -0.4 is 30.7 Å². The number of ether oxygens (including phenoxy) is 2. The van der Waals surface area contributed by atoms with Gasteiger partial charge in [-0.25, -0.2) is 28.0 Å². The van der Waals surface area contributed by atoms with Crippen LogP contribution in [0.2, 0.25) is 0 Å². The average Bonchev–Trinajstić information content (AvgIpc) is 3.79. The molecule has 3 aromatic heterocycles. The van der Waals surface area contributed by atoms with E-state index in [1.165, 1.54) is 27.6 Å². The van der Waals surface area contributed by atoms with Crippen molar-refractivity contribution in [3.8, 4) is 22.9 Å². The minimum absolute atomic E-state index is 0.0182. The molecule has 6 atom stereocenters. The van der Waals surface area contributed by atoms with Crippen LogP contribution in [0.5, 0.6) is 11.5 Å². The summed E-state index contributed by atoms with van der Waals surface area (Å²) in [5.74, 6) is -1.61. The number of fused-ring (bicyclic) bond motifs is 3. The summed E-state index contributed by atoms with van der Waals surface area (Å²) in [6.07, 6.45) is 11.1. The maximum atomic E-state index is 15.1. The summed E-state index contributed by atoms with van der Waals surface area (Å²) in [5, 5.41) is 27.7. The van der Waals surface area contributed by atoms with E-state index in [0.29, 0.717) is 46.6 Å². The second kappa shape index (κ2) is 21.1. The van der Waals surface area contributed by atoms with Gasteiger partial charge in [-0.15, -0.1) is 22.7 Å². The number of nitrogens with zero attached hydrogens (tertiary/aromatic N) is 4. The molecule has 0 bridgehead atoms. The maximum absolute atomic E-state index is 15.1. The molecule has 366 valence electrons. The number of rotatable bonds is 14. The normalized spacial score (nSPS) is 24.8. The highest BCUT2D eigenvalue weighted by molar-refractivity contribution is 7.91. The van der Waals surface area contributed by atoms with Gasteiger partial charge >= 0.3 is 12.0 Å². The number of pyridine rings is 1. The number of carbonyl (C=O) groups is 4. The zero-order valence-corrected chi connectivity index (χ0v) is 41.4. The summed E-state index contributed by atoms with van der Waals surface area (Å²) in [6.45, 7) is 4.06. The number of thiophene rings is 1. The van der Waals surface area contributed by atoms with Crippen molar-refractivity contribution in [1.29, 1.82) is 0 Å². The number of carboxylic acid groups (broad SMARTS) is 1. The molecule has 0 radical (unpaired) electrons. The van der Waals surface area contributed by atoms with Crippen LogP contribution in [0.1, 0.15) is 90.9 Å². The maximum Gasteiger partial charge on any atom is 0.330 e. The molecule has 4 amide bonds. The number of urea groups is 1. The number of sulfonamides is 1. The minimum Gasteiger partial charge on any atom is -0.497 e. The molecule has 2 unspecified atom stereocenters. The van der Waals surface area contributed by atoms with Gasteiger partial charge in [0.2, 0.25) is 11.8 Å². The first kappa shape index (κ1) is 49.1. The third kappa shape index (κ3) is 11.1. The Bertz CT molecular complexity index is 2600. The number of carbonyl (C=O) groups excluding carboxylic acids is 3. The Hall–Kier alpha value is -5.31. The second-order valence-corrected chi connectivity index (χ2v) is 22.8. The third-order valence-electron chi connectivity index (χ3n) is 13.5. The number of anilines is 1. The number of hydrogen-bond acceptors (Lipinski definition) is 13. The highest BCUT2D eigenvalue weighted by Crippen LogP contribution is 2.46. The Morgan fingerprint density at radius 1 is 1.03 bits per heavy atom. The number of hydrogen-bond donors (Lipinski definition) is 5. The molecular weight excluding hydrogens is 929 g/mol. The minimum atomic E-state index is -3.81. The first-order valence-corrected chi connectivity index (χ1v) is 26.8. The third-order valence-corrected chi connectivity index (χ3v) is 17.5. The number of aromatic nitrogens is 2. The van der Waals surface area contributed by atoms with Gasteiger partial charge in [-0.1, -0.05) is 50.3 Å². The molecule has 17 nitrogen and oxygen atoms in total. The number of carboxylic acids is 1. The van der Waals surface area contributed by atoms with Gasteiger partial charge in [-0.2, -0.15) is 4.31 Å². The zero-order valence-electron chi connectivity index (χ0n) is 38.9. The van der Waals surface area contributed by atoms with Crippen LogP contribution in [-0.2, 0) is 24.4 Å². The van der Waals surface area contributed by atoms with E-state index >= 15 is 4.79 Å². The van der Waals surface area contributed by atoms with E-state index in [2.05, 4.69) is 21.3 Å². The van der Waals surface area contributed by atoms with Gasteiger partial charge in [0.1, 0.15) is 45.1 Å². The number of thiazole rings is 1. The first-order chi connectivity index (χ1) is 32.6. The van der Waals surface area contributed by atoms with E-state index in [-0.39, 0.29) is 48.5 Å². The van der Waals surface area contributed by atoms with E-state index < -0.39 is 69.5 Å². The lowest BCUT2D eigenvalue weighted by Gasteiger charge is -2.34. The Kier molecular flexibility index (Phi) is 15.3. The number of allylic oxidation sites excluding steroid dienone is 1. The molecule has 5 N–H and O–H groups in total. The van der Waals surface area contributed by atoms with Gasteiger partial charge in [0.25, 0.3) is 10.0 Å². The molecule has 8 rings (SSSR count). The quantitative estimate of drug-likeness (QED) is 0.0806. The van der Waals surface area contributed by atoms with Crippen molar-refractivity contribution in [3.05, 3.63) is 59.3 Å². The van der Waals surface area contributed by atoms with Crippen molar-refractivity contribution in [2.75, 3.05) is 32.6 Å². The van der Waals surface area contributed by atoms with Crippen molar-refractivity contribution < 1.29 is 42.2 Å². The smallest absolute Gasteiger partial charge is 0.330 e. The van der Waals surface area contributed by atoms with Crippen molar-refractivity contribution in [3.63, 3.8) is 0 Å². The zero-order chi connectivity index (χ0) is 48.2. The van der Waals surface area contributed by atoms with Crippen molar-refractivity contribution in [2.24, 2.45) is 11.8 Å². The largest absolute Gasteiger partial charge is 0.497 e. The lowest BCUT2D eigenvalue weighted by Crippen LogP contribution is -2.58. The fraction of sp³-hybridized carbons (Fsp3) is 0.542. The van der Waals surface area contributed by atoms with Crippen LogP contribution in [0.3, 0.4) is 0 Å². The number of nitrogens with one attached hydrogen (secondary N) is 4. The Morgan fingerprint density at radius 2 is 1.81 bits per heavy atom. The fourth-order valence-corrected chi connectivity index (χ4v) is 13.0. The van der Waals surface area contributed by atoms with Crippen LogP contribution in [0.15, 0.2) is 63.5 Å². The number of amides is 4. The molecule has 1 aromatic carbocycles. The van der Waals surface area contributed by atoms with E-state index in [1.54, 1.807) is 42.8 Å². The van der Waals surface area contributed by atoms with Gasteiger partial charge in [0.05, 0.1) is 24.9 Å². The van der Waals surface area contributed by atoms with Gasteiger partial charge in [0.15, 0.2) is 5.13 Å². The summed E-state index contributed by atoms with van der Waals surface area (Å²) in [4.78, 5) is 67.7. The monoisotopic (exact) mass is 990 g/mol. The van der Waals surface area contributed by atoms with Crippen molar-refractivity contribution in [2.45, 2.75) is 131 Å². The highest BCUT2D eigenvalue weighted by atomic mass is 32.2. The van der Waals surface area contributed by atoms with Crippen molar-refractivity contribution >= 4 is 72.5 Å². The Balaban J connectivity index is 1.08.